The summed E-state index contributed by atoms with van der Waals surface area (Å²) in [5, 5.41) is 0. The van der Waals surface area contributed by atoms with Crippen molar-refractivity contribution in [2.45, 2.75) is 60.4 Å². The molecule has 2 nitrogen and oxygen atoms in total. The smallest absolute Gasteiger partial charge is 0.247 e. The topological polar surface area (TPSA) is 20.3 Å². The fourth-order valence-electron chi connectivity index (χ4n) is 2.31. The third kappa shape index (κ3) is 5.74. The molecule has 1 aromatic rings. The first kappa shape index (κ1) is 19.4. The summed E-state index contributed by atoms with van der Waals surface area (Å²) >= 11 is 0. The first-order valence-electron chi connectivity index (χ1n) is 8.27. The number of nitrogens with zero attached hydrogens (tertiary/aromatic N) is 1. The van der Waals surface area contributed by atoms with E-state index < -0.39 is 0 Å². The van der Waals surface area contributed by atoms with Crippen LogP contribution in [0.25, 0.3) is 0 Å². The highest BCUT2D eigenvalue weighted by molar-refractivity contribution is 5.91. The Balaban J connectivity index is 0.000000921. The first-order valence-corrected chi connectivity index (χ1v) is 8.27. The van der Waals surface area contributed by atoms with E-state index in [2.05, 4.69) is 26.0 Å². The van der Waals surface area contributed by atoms with E-state index in [-0.39, 0.29) is 11.9 Å². The number of rotatable bonds is 4. The van der Waals surface area contributed by atoms with E-state index in [1.165, 1.54) is 11.1 Å². The van der Waals surface area contributed by atoms with Gasteiger partial charge >= 0.3 is 0 Å². The van der Waals surface area contributed by atoms with Crippen LogP contribution in [0.1, 0.15) is 66.0 Å². The summed E-state index contributed by atoms with van der Waals surface area (Å²) in [7, 11) is 0. The minimum absolute atomic E-state index is 0.157. The molecule has 2 heteroatoms. The second kappa shape index (κ2) is 11.1. The quantitative estimate of drug-likeness (QED) is 0.729. The van der Waals surface area contributed by atoms with Gasteiger partial charge in [0, 0.05) is 12.6 Å². The van der Waals surface area contributed by atoms with E-state index in [1.54, 1.807) is 0 Å². The Morgan fingerprint density at radius 3 is 2.19 bits per heavy atom. The summed E-state index contributed by atoms with van der Waals surface area (Å²) in [5.74, 6) is 0.157. The molecule has 0 bridgehead atoms. The van der Waals surface area contributed by atoms with Crippen LogP contribution in [0.4, 0.5) is 0 Å². The maximum absolute atomic E-state index is 11.9. The van der Waals surface area contributed by atoms with Gasteiger partial charge in [0.25, 0.3) is 0 Å². The van der Waals surface area contributed by atoms with Crippen molar-refractivity contribution < 1.29 is 4.79 Å². The van der Waals surface area contributed by atoms with Crippen LogP contribution < -0.4 is 0 Å². The Labute approximate surface area is 130 Å². The molecule has 1 aliphatic rings. The van der Waals surface area contributed by atoms with Crippen molar-refractivity contribution in [2.24, 2.45) is 0 Å². The Hall–Kier alpha value is -1.57. The van der Waals surface area contributed by atoms with Crippen LogP contribution in [0.15, 0.2) is 42.0 Å². The maximum Gasteiger partial charge on any atom is 0.247 e. The molecule has 2 rings (SSSR count). The van der Waals surface area contributed by atoms with Gasteiger partial charge in [-0.3, -0.25) is 4.79 Å². The average molecular weight is 289 g/mol. The van der Waals surface area contributed by atoms with Crippen molar-refractivity contribution in [3.8, 4) is 0 Å². The Bertz CT molecular complexity index is 422. The summed E-state index contributed by atoms with van der Waals surface area (Å²) < 4.78 is 0. The highest BCUT2D eigenvalue weighted by Crippen LogP contribution is 2.26. The number of carbonyl (C=O) groups excluding carboxylic acids is 1. The molecule has 0 fully saturated rings. The molecule has 0 saturated heterocycles. The van der Waals surface area contributed by atoms with Gasteiger partial charge in [-0.05, 0) is 24.5 Å². The van der Waals surface area contributed by atoms with Crippen molar-refractivity contribution >= 4 is 5.91 Å². The van der Waals surface area contributed by atoms with Crippen molar-refractivity contribution in [2.75, 3.05) is 6.54 Å². The predicted molar refractivity (Wildman–Crippen MR) is 92.3 cm³/mol. The van der Waals surface area contributed by atoms with Gasteiger partial charge in [0.1, 0.15) is 0 Å². The van der Waals surface area contributed by atoms with Gasteiger partial charge in [-0.25, -0.2) is 0 Å². The summed E-state index contributed by atoms with van der Waals surface area (Å²) in [5.41, 5.74) is 2.47. The fourth-order valence-corrected chi connectivity index (χ4v) is 2.31. The third-order valence-electron chi connectivity index (χ3n) is 3.30. The van der Waals surface area contributed by atoms with Gasteiger partial charge in [0.05, 0.1) is 6.04 Å². The zero-order valence-electron chi connectivity index (χ0n) is 14.5. The van der Waals surface area contributed by atoms with Crippen LogP contribution in [0.3, 0.4) is 0 Å². The second-order valence-electron chi connectivity index (χ2n) is 4.61. The summed E-state index contributed by atoms with van der Waals surface area (Å²) in [4.78, 5) is 13.9. The molecule has 21 heavy (non-hydrogen) atoms. The monoisotopic (exact) mass is 289 g/mol. The Morgan fingerprint density at radius 1 is 1.10 bits per heavy atom. The molecular formula is C19H31NO. The molecule has 0 aromatic heterocycles. The molecule has 1 amide bonds. The van der Waals surface area contributed by atoms with Gasteiger partial charge in [-0.15, -0.1) is 0 Å². The molecule has 0 aliphatic carbocycles. The molecule has 0 radical (unpaired) electrons. The number of amides is 1. The van der Waals surface area contributed by atoms with Gasteiger partial charge in [0.15, 0.2) is 0 Å². The number of carbonyl (C=O) groups is 1. The number of hydrogen-bond acceptors (Lipinski definition) is 1. The minimum Gasteiger partial charge on any atom is -0.328 e. The molecular weight excluding hydrogens is 258 g/mol. The van der Waals surface area contributed by atoms with Crippen LogP contribution in [-0.4, -0.2) is 17.4 Å². The van der Waals surface area contributed by atoms with E-state index in [1.807, 2.05) is 56.9 Å². The van der Waals surface area contributed by atoms with Crippen LogP contribution in [0, 0.1) is 0 Å². The van der Waals surface area contributed by atoms with E-state index in [0.717, 1.165) is 19.4 Å². The van der Waals surface area contributed by atoms with Crippen molar-refractivity contribution in [1.29, 1.82) is 0 Å². The molecule has 1 heterocycles. The molecule has 0 unspecified atom stereocenters. The average Bonchev–Trinajstić information content (AvgIpc) is 2.92. The van der Waals surface area contributed by atoms with Crippen molar-refractivity contribution in [1.82, 2.24) is 4.90 Å². The standard InChI is InChI=1S/C15H19NO.2C2H6/c1-3-7-13-10-15(17)16(11-13)12(2)14-8-5-4-6-9-14;2*1-2/h4-6,8-10,12H,3,7,11H2,1-2H3;2*1-2H3/t12-;;/m0../s1. The van der Waals surface area contributed by atoms with E-state index >= 15 is 0 Å². The zero-order chi connectivity index (χ0) is 16.3. The van der Waals surface area contributed by atoms with Gasteiger partial charge in [-0.2, -0.15) is 0 Å². The third-order valence-corrected chi connectivity index (χ3v) is 3.30. The zero-order valence-corrected chi connectivity index (χ0v) is 14.5. The van der Waals surface area contributed by atoms with E-state index in [4.69, 9.17) is 0 Å². The number of benzene rings is 1. The Morgan fingerprint density at radius 2 is 1.67 bits per heavy atom. The lowest BCUT2D eigenvalue weighted by atomic mass is 10.1. The van der Waals surface area contributed by atoms with Crippen molar-refractivity contribution in [3.63, 3.8) is 0 Å². The van der Waals surface area contributed by atoms with E-state index in [9.17, 15) is 4.79 Å². The van der Waals surface area contributed by atoms with Crippen LogP contribution in [0.2, 0.25) is 0 Å². The largest absolute Gasteiger partial charge is 0.328 e. The lowest BCUT2D eigenvalue weighted by Gasteiger charge is -2.25. The van der Waals surface area contributed by atoms with Crippen LogP contribution in [-0.2, 0) is 4.79 Å². The highest BCUT2D eigenvalue weighted by atomic mass is 16.2. The summed E-state index contributed by atoms with van der Waals surface area (Å²) in [6.45, 7) is 13.0. The lowest BCUT2D eigenvalue weighted by Crippen LogP contribution is -2.29. The van der Waals surface area contributed by atoms with Crippen LogP contribution in [0.5, 0.6) is 0 Å². The number of hydrogen-bond donors (Lipinski definition) is 0. The molecule has 0 N–H and O–H groups in total. The molecule has 1 atom stereocenters. The molecule has 0 spiro atoms. The van der Waals surface area contributed by atoms with Gasteiger partial charge < -0.3 is 4.90 Å². The predicted octanol–water partition coefficient (Wildman–Crippen LogP) is 5.37. The maximum atomic E-state index is 11.9. The Kier molecular flexibility index (Phi) is 10.3. The summed E-state index contributed by atoms with van der Waals surface area (Å²) in [6, 6.07) is 10.4. The van der Waals surface area contributed by atoms with E-state index in [0.29, 0.717) is 0 Å². The highest BCUT2D eigenvalue weighted by Gasteiger charge is 2.25. The SMILES string of the molecule is CC.CC.CCCC1=CC(=O)N([C@@H](C)c2ccccc2)C1. The molecule has 118 valence electrons. The molecule has 1 aromatic carbocycles. The van der Waals surface area contributed by atoms with Gasteiger partial charge in [0.2, 0.25) is 5.91 Å². The molecule has 0 saturated carbocycles. The van der Waals surface area contributed by atoms with Crippen LogP contribution >= 0.6 is 0 Å². The molecule has 1 aliphatic heterocycles. The first-order chi connectivity index (χ1) is 10.2. The summed E-state index contributed by atoms with van der Waals surface area (Å²) in [6.07, 6.45) is 3.94. The van der Waals surface area contributed by atoms with Gasteiger partial charge in [-0.1, -0.05) is 71.4 Å². The van der Waals surface area contributed by atoms with Crippen molar-refractivity contribution in [3.05, 3.63) is 47.5 Å². The fraction of sp³-hybridized carbons (Fsp3) is 0.526. The normalized spacial score (nSPS) is 14.5. The lowest BCUT2D eigenvalue weighted by molar-refractivity contribution is -0.126. The second-order valence-corrected chi connectivity index (χ2v) is 4.61. The minimum atomic E-state index is 0.157.